The molecule has 0 bridgehead atoms. The Balaban J connectivity index is 1.78. The minimum absolute atomic E-state index is 0.0227. The number of carbonyl (C=O) groups excluding carboxylic acids is 3. The molecule has 1 fully saturated rings. The van der Waals surface area contributed by atoms with Gasteiger partial charge in [-0.2, -0.15) is 0 Å². The van der Waals surface area contributed by atoms with Crippen LogP contribution in [0.1, 0.15) is 26.3 Å². The number of nitrogens with one attached hydrogen (secondary N) is 1. The Bertz CT molecular complexity index is 619. The van der Waals surface area contributed by atoms with Gasteiger partial charge in [0.1, 0.15) is 0 Å². The van der Waals surface area contributed by atoms with Crippen LogP contribution in [-0.4, -0.2) is 54.6 Å². The average Bonchev–Trinajstić information content (AvgIpc) is 2.53. The third kappa shape index (κ3) is 6.19. The van der Waals surface area contributed by atoms with Crippen LogP contribution in [0.2, 0.25) is 0 Å². The van der Waals surface area contributed by atoms with Gasteiger partial charge in [-0.05, 0) is 31.5 Å². The monoisotopic (exact) mass is 348 g/mol. The van der Waals surface area contributed by atoms with Crippen molar-refractivity contribution in [2.45, 2.75) is 39.4 Å². The second-order valence-corrected chi connectivity index (χ2v) is 6.27. The fraction of sp³-hybridized carbons (Fsp3) is 0.500. The largest absolute Gasteiger partial charge is 0.455 e. The highest BCUT2D eigenvalue weighted by Crippen LogP contribution is 2.12. The molecule has 1 aliphatic heterocycles. The summed E-state index contributed by atoms with van der Waals surface area (Å²) in [6.45, 7) is 6.00. The number of hydrogen-bond acceptors (Lipinski definition) is 5. The van der Waals surface area contributed by atoms with Crippen LogP contribution >= 0.6 is 0 Å². The summed E-state index contributed by atoms with van der Waals surface area (Å²) in [6, 6.07) is 6.90. The molecule has 2 amide bonds. The van der Waals surface area contributed by atoms with E-state index in [9.17, 15) is 14.4 Å². The van der Waals surface area contributed by atoms with Gasteiger partial charge in [-0.15, -0.1) is 0 Å². The van der Waals surface area contributed by atoms with Crippen molar-refractivity contribution in [1.29, 1.82) is 0 Å². The van der Waals surface area contributed by atoms with E-state index in [0.29, 0.717) is 18.8 Å². The normalized spacial score (nSPS) is 20.0. The lowest BCUT2D eigenvalue weighted by Crippen LogP contribution is -2.49. The second-order valence-electron chi connectivity index (χ2n) is 6.27. The molecule has 2 rings (SSSR count). The maximum absolute atomic E-state index is 12.1. The van der Waals surface area contributed by atoms with Crippen molar-refractivity contribution in [1.82, 2.24) is 4.90 Å². The quantitative estimate of drug-likeness (QED) is 0.813. The average molecular weight is 348 g/mol. The summed E-state index contributed by atoms with van der Waals surface area (Å²) in [6.07, 6.45) is 0.0276. The zero-order valence-corrected chi connectivity index (χ0v) is 14.8. The number of nitrogens with zero attached hydrogens (tertiary/aromatic N) is 1. The Morgan fingerprint density at radius 3 is 2.32 bits per heavy atom. The Labute approximate surface area is 147 Å². The number of anilines is 1. The lowest BCUT2D eigenvalue weighted by atomic mass is 10.1. The molecule has 1 aliphatic rings. The summed E-state index contributed by atoms with van der Waals surface area (Å²) in [7, 11) is 0. The van der Waals surface area contributed by atoms with Crippen molar-refractivity contribution in [2.24, 2.45) is 0 Å². The van der Waals surface area contributed by atoms with Crippen LogP contribution in [0.25, 0.3) is 0 Å². The van der Waals surface area contributed by atoms with Gasteiger partial charge in [0.2, 0.25) is 5.91 Å². The number of hydrogen-bond donors (Lipinski definition) is 1. The molecule has 136 valence electrons. The summed E-state index contributed by atoms with van der Waals surface area (Å²) in [5, 5.41) is 2.65. The number of morpholine rings is 1. The number of ether oxygens (including phenoxy) is 2. The topological polar surface area (TPSA) is 84.9 Å². The molecular formula is C18H24N2O5. The standard InChI is InChI=1S/C18H24N2O5/c1-12-9-20(10-13(2)25-12)17(22)11-24-18(23)8-15-4-6-16(7-5-15)19-14(3)21/h4-7,12-13H,8-11H2,1-3H3,(H,19,21). The maximum Gasteiger partial charge on any atom is 0.310 e. The molecule has 0 spiro atoms. The van der Waals surface area contributed by atoms with E-state index in [1.807, 2.05) is 13.8 Å². The highest BCUT2D eigenvalue weighted by atomic mass is 16.5. The molecule has 2 unspecified atom stereocenters. The van der Waals surface area contributed by atoms with Gasteiger partial charge in [0, 0.05) is 25.7 Å². The third-order valence-corrected chi connectivity index (χ3v) is 3.75. The summed E-state index contributed by atoms with van der Waals surface area (Å²) < 4.78 is 10.7. The predicted molar refractivity (Wildman–Crippen MR) is 92.0 cm³/mol. The Kier molecular flexibility index (Phi) is 6.52. The molecule has 1 saturated heterocycles. The Morgan fingerprint density at radius 1 is 1.16 bits per heavy atom. The van der Waals surface area contributed by atoms with Crippen LogP contribution in [0.5, 0.6) is 0 Å². The summed E-state index contributed by atoms with van der Waals surface area (Å²) >= 11 is 0. The van der Waals surface area contributed by atoms with E-state index in [0.717, 1.165) is 5.56 Å². The molecule has 0 aliphatic carbocycles. The number of rotatable bonds is 5. The second kappa shape index (κ2) is 8.62. The van der Waals surface area contributed by atoms with Crippen LogP contribution in [0.3, 0.4) is 0 Å². The zero-order chi connectivity index (χ0) is 18.4. The van der Waals surface area contributed by atoms with Crippen molar-refractivity contribution in [3.8, 4) is 0 Å². The maximum atomic E-state index is 12.1. The predicted octanol–water partition coefficient (Wildman–Crippen LogP) is 1.37. The number of benzene rings is 1. The zero-order valence-electron chi connectivity index (χ0n) is 14.8. The molecule has 1 N–H and O–H groups in total. The molecule has 1 aromatic carbocycles. The van der Waals surface area contributed by atoms with E-state index in [2.05, 4.69) is 5.32 Å². The molecule has 25 heavy (non-hydrogen) atoms. The molecule has 2 atom stereocenters. The SMILES string of the molecule is CC(=O)Nc1ccc(CC(=O)OCC(=O)N2CC(C)OC(C)C2)cc1. The van der Waals surface area contributed by atoms with Crippen molar-refractivity contribution < 1.29 is 23.9 Å². The minimum atomic E-state index is -0.463. The lowest BCUT2D eigenvalue weighted by Gasteiger charge is -2.35. The summed E-state index contributed by atoms with van der Waals surface area (Å²) in [4.78, 5) is 36.7. The van der Waals surface area contributed by atoms with Crippen LogP contribution in [0.15, 0.2) is 24.3 Å². The van der Waals surface area contributed by atoms with Gasteiger partial charge in [0.25, 0.3) is 5.91 Å². The van der Waals surface area contributed by atoms with Gasteiger partial charge in [-0.25, -0.2) is 0 Å². The molecule has 0 saturated carbocycles. The molecule has 7 nitrogen and oxygen atoms in total. The van der Waals surface area contributed by atoms with E-state index < -0.39 is 5.97 Å². The van der Waals surface area contributed by atoms with Gasteiger partial charge in [-0.3, -0.25) is 14.4 Å². The van der Waals surface area contributed by atoms with E-state index >= 15 is 0 Å². The van der Waals surface area contributed by atoms with E-state index in [1.54, 1.807) is 29.2 Å². The van der Waals surface area contributed by atoms with Crippen LogP contribution in [-0.2, 0) is 30.3 Å². The van der Waals surface area contributed by atoms with Crippen LogP contribution < -0.4 is 5.32 Å². The van der Waals surface area contributed by atoms with Gasteiger partial charge in [-0.1, -0.05) is 12.1 Å². The number of esters is 1. The van der Waals surface area contributed by atoms with Crippen molar-refractivity contribution in [3.63, 3.8) is 0 Å². The fourth-order valence-corrected chi connectivity index (χ4v) is 2.74. The first-order valence-electron chi connectivity index (χ1n) is 8.29. The fourth-order valence-electron chi connectivity index (χ4n) is 2.74. The molecule has 0 aromatic heterocycles. The molecule has 1 aromatic rings. The lowest BCUT2D eigenvalue weighted by molar-refractivity contribution is -0.156. The van der Waals surface area contributed by atoms with E-state index in [4.69, 9.17) is 9.47 Å². The van der Waals surface area contributed by atoms with Gasteiger partial charge >= 0.3 is 5.97 Å². The molecule has 1 heterocycles. The van der Waals surface area contributed by atoms with Crippen LogP contribution in [0, 0.1) is 0 Å². The smallest absolute Gasteiger partial charge is 0.310 e. The minimum Gasteiger partial charge on any atom is -0.455 e. The van der Waals surface area contributed by atoms with Crippen molar-refractivity contribution >= 4 is 23.5 Å². The Morgan fingerprint density at radius 2 is 1.76 bits per heavy atom. The van der Waals surface area contributed by atoms with E-state index in [1.165, 1.54) is 6.92 Å². The Hall–Kier alpha value is -2.41. The van der Waals surface area contributed by atoms with Crippen LogP contribution in [0.4, 0.5) is 5.69 Å². The summed E-state index contributed by atoms with van der Waals surface area (Å²) in [5.74, 6) is -0.830. The van der Waals surface area contributed by atoms with Crippen molar-refractivity contribution in [2.75, 3.05) is 25.0 Å². The van der Waals surface area contributed by atoms with E-state index in [-0.39, 0.29) is 37.0 Å². The van der Waals surface area contributed by atoms with Gasteiger partial charge in [0.15, 0.2) is 6.61 Å². The first-order valence-corrected chi connectivity index (χ1v) is 8.29. The highest BCUT2D eigenvalue weighted by molar-refractivity contribution is 5.88. The van der Waals surface area contributed by atoms with Gasteiger partial charge in [0.05, 0.1) is 18.6 Å². The highest BCUT2D eigenvalue weighted by Gasteiger charge is 2.26. The summed E-state index contributed by atoms with van der Waals surface area (Å²) in [5.41, 5.74) is 1.41. The third-order valence-electron chi connectivity index (χ3n) is 3.75. The number of carbonyl (C=O) groups is 3. The molecular weight excluding hydrogens is 324 g/mol. The number of amides is 2. The van der Waals surface area contributed by atoms with Gasteiger partial charge < -0.3 is 19.7 Å². The first-order chi connectivity index (χ1) is 11.8. The molecule has 7 heteroatoms. The first kappa shape index (κ1) is 18.9. The van der Waals surface area contributed by atoms with Crippen molar-refractivity contribution in [3.05, 3.63) is 29.8 Å². The molecule has 0 radical (unpaired) electrons.